The lowest BCUT2D eigenvalue weighted by Crippen LogP contribution is -2.64. The number of hydrogen-bond donors (Lipinski definition) is 1. The first-order chi connectivity index (χ1) is 16.5. The van der Waals surface area contributed by atoms with Crippen LogP contribution in [-0.2, 0) is 17.9 Å². The third kappa shape index (κ3) is 3.93. The van der Waals surface area contributed by atoms with Gasteiger partial charge in [0.1, 0.15) is 11.3 Å². The lowest BCUT2D eigenvalue weighted by molar-refractivity contribution is -0.134. The standard InChI is InChI=1S/C27H32N4O3/c1-3-34-23-16-10-7-11-19(23)17-31-25(32)24-29-21-14-8-9-15-22(21)30(24)18-27(31,2)26(33)28-20-12-5-4-6-13-20/h7-11,14-16,20H,3-6,12-13,17-18H2,1-2H3,(H,28,33). The minimum Gasteiger partial charge on any atom is -0.494 e. The fraction of sp³-hybridized carbons (Fsp3) is 0.444. The molecule has 1 N–H and O–H groups in total. The van der Waals surface area contributed by atoms with E-state index in [9.17, 15) is 9.59 Å². The Morgan fingerprint density at radius 2 is 1.85 bits per heavy atom. The largest absolute Gasteiger partial charge is 0.494 e. The number of ether oxygens (including phenoxy) is 1. The summed E-state index contributed by atoms with van der Waals surface area (Å²) in [6.45, 7) is 4.97. The molecule has 0 saturated heterocycles. The van der Waals surface area contributed by atoms with E-state index in [0.29, 0.717) is 19.0 Å². The zero-order valence-electron chi connectivity index (χ0n) is 19.9. The van der Waals surface area contributed by atoms with Gasteiger partial charge in [-0.1, -0.05) is 49.6 Å². The summed E-state index contributed by atoms with van der Waals surface area (Å²) < 4.78 is 7.73. The fourth-order valence-electron chi connectivity index (χ4n) is 5.27. The molecule has 2 heterocycles. The Morgan fingerprint density at radius 1 is 1.12 bits per heavy atom. The second kappa shape index (κ2) is 9.12. The predicted molar refractivity (Wildman–Crippen MR) is 131 cm³/mol. The molecule has 0 spiro atoms. The van der Waals surface area contributed by atoms with Crippen molar-refractivity contribution in [3.63, 3.8) is 0 Å². The van der Waals surface area contributed by atoms with Gasteiger partial charge in [0.05, 0.1) is 30.7 Å². The number of nitrogens with one attached hydrogen (secondary N) is 1. The molecule has 0 bridgehead atoms. The van der Waals surface area contributed by atoms with Gasteiger partial charge in [-0.15, -0.1) is 0 Å². The summed E-state index contributed by atoms with van der Waals surface area (Å²) in [7, 11) is 0. The highest BCUT2D eigenvalue weighted by molar-refractivity contribution is 6.01. The molecule has 2 amide bonds. The number of imidazole rings is 1. The van der Waals surface area contributed by atoms with Crippen LogP contribution in [0.15, 0.2) is 48.5 Å². The Labute approximate surface area is 200 Å². The Kier molecular flexibility index (Phi) is 6.02. The second-order valence-electron chi connectivity index (χ2n) is 9.52. The topological polar surface area (TPSA) is 76.5 Å². The van der Waals surface area contributed by atoms with Crippen molar-refractivity contribution in [1.82, 2.24) is 19.8 Å². The average Bonchev–Trinajstić information content (AvgIpc) is 3.22. The number of aromatic nitrogens is 2. The van der Waals surface area contributed by atoms with Crippen molar-refractivity contribution in [2.75, 3.05) is 6.61 Å². The van der Waals surface area contributed by atoms with Crippen LogP contribution in [0.25, 0.3) is 11.0 Å². The van der Waals surface area contributed by atoms with Gasteiger partial charge in [0.2, 0.25) is 5.91 Å². The first kappa shape index (κ1) is 22.4. The third-order valence-corrected chi connectivity index (χ3v) is 7.18. The molecule has 178 valence electrons. The summed E-state index contributed by atoms with van der Waals surface area (Å²) in [6, 6.07) is 15.6. The van der Waals surface area contributed by atoms with Crippen molar-refractivity contribution in [2.24, 2.45) is 0 Å². The van der Waals surface area contributed by atoms with E-state index >= 15 is 0 Å². The van der Waals surface area contributed by atoms with Gasteiger partial charge >= 0.3 is 0 Å². The maximum atomic E-state index is 13.9. The van der Waals surface area contributed by atoms with Crippen LogP contribution in [0.5, 0.6) is 5.75 Å². The molecule has 7 heteroatoms. The molecule has 1 atom stereocenters. The lowest BCUT2D eigenvalue weighted by Gasteiger charge is -2.44. The summed E-state index contributed by atoms with van der Waals surface area (Å²) >= 11 is 0. The number of fused-ring (bicyclic) bond motifs is 3. The van der Waals surface area contributed by atoms with Gasteiger partial charge < -0.3 is 19.5 Å². The Bertz CT molecular complexity index is 1210. The van der Waals surface area contributed by atoms with Crippen LogP contribution in [0.3, 0.4) is 0 Å². The van der Waals surface area contributed by atoms with E-state index in [2.05, 4.69) is 10.3 Å². The van der Waals surface area contributed by atoms with Gasteiger partial charge in [0, 0.05) is 11.6 Å². The summed E-state index contributed by atoms with van der Waals surface area (Å²) in [4.78, 5) is 34.1. The number of amides is 2. The molecule has 1 saturated carbocycles. The fourth-order valence-corrected chi connectivity index (χ4v) is 5.27. The Morgan fingerprint density at radius 3 is 2.65 bits per heavy atom. The quantitative estimate of drug-likeness (QED) is 0.595. The van der Waals surface area contributed by atoms with Crippen molar-refractivity contribution in [2.45, 2.75) is 70.6 Å². The minimum absolute atomic E-state index is 0.106. The molecular weight excluding hydrogens is 428 g/mol. The van der Waals surface area contributed by atoms with Crippen molar-refractivity contribution in [3.05, 3.63) is 59.9 Å². The summed E-state index contributed by atoms with van der Waals surface area (Å²) in [6.07, 6.45) is 5.45. The first-order valence-electron chi connectivity index (χ1n) is 12.3. The number of carbonyl (C=O) groups excluding carboxylic acids is 2. The van der Waals surface area contributed by atoms with Crippen LogP contribution in [0.2, 0.25) is 0 Å². The van der Waals surface area contributed by atoms with E-state index in [4.69, 9.17) is 4.74 Å². The molecule has 34 heavy (non-hydrogen) atoms. The number of hydrogen-bond acceptors (Lipinski definition) is 4. The predicted octanol–water partition coefficient (Wildman–Crippen LogP) is 4.30. The molecule has 2 aromatic carbocycles. The summed E-state index contributed by atoms with van der Waals surface area (Å²) in [5.41, 5.74) is 1.44. The SMILES string of the molecule is CCOc1ccccc1CN1C(=O)c2nc3ccccc3n2CC1(C)C(=O)NC1CCCCC1. The first-order valence-corrected chi connectivity index (χ1v) is 12.3. The van der Waals surface area contributed by atoms with E-state index in [0.717, 1.165) is 48.0 Å². The van der Waals surface area contributed by atoms with E-state index in [1.807, 2.05) is 66.9 Å². The van der Waals surface area contributed by atoms with E-state index < -0.39 is 5.54 Å². The molecule has 1 aliphatic carbocycles. The highest BCUT2D eigenvalue weighted by Gasteiger charge is 2.49. The number of para-hydroxylation sites is 3. The van der Waals surface area contributed by atoms with Crippen LogP contribution >= 0.6 is 0 Å². The zero-order valence-corrected chi connectivity index (χ0v) is 19.9. The maximum Gasteiger partial charge on any atom is 0.291 e. The molecule has 7 nitrogen and oxygen atoms in total. The van der Waals surface area contributed by atoms with Gasteiger partial charge in [-0.3, -0.25) is 9.59 Å². The van der Waals surface area contributed by atoms with Crippen LogP contribution in [0.1, 0.15) is 62.1 Å². The average molecular weight is 461 g/mol. The van der Waals surface area contributed by atoms with Crippen LogP contribution < -0.4 is 10.1 Å². The van der Waals surface area contributed by atoms with E-state index in [-0.39, 0.29) is 24.4 Å². The second-order valence-corrected chi connectivity index (χ2v) is 9.52. The van der Waals surface area contributed by atoms with Gasteiger partial charge in [-0.2, -0.15) is 0 Å². The molecule has 2 aliphatic rings. The molecule has 0 radical (unpaired) electrons. The summed E-state index contributed by atoms with van der Waals surface area (Å²) in [5.74, 6) is 0.755. The third-order valence-electron chi connectivity index (χ3n) is 7.18. The monoisotopic (exact) mass is 460 g/mol. The number of nitrogens with zero attached hydrogens (tertiary/aromatic N) is 3. The highest BCUT2D eigenvalue weighted by atomic mass is 16.5. The van der Waals surface area contributed by atoms with E-state index in [1.165, 1.54) is 6.42 Å². The molecule has 1 unspecified atom stereocenters. The van der Waals surface area contributed by atoms with Crippen molar-refractivity contribution in [3.8, 4) is 5.75 Å². The Hall–Kier alpha value is -3.35. The number of rotatable bonds is 6. The molecule has 3 aromatic rings. The van der Waals surface area contributed by atoms with Gasteiger partial charge in [-0.25, -0.2) is 4.98 Å². The van der Waals surface area contributed by atoms with Crippen LogP contribution in [0.4, 0.5) is 0 Å². The van der Waals surface area contributed by atoms with Gasteiger partial charge in [0.25, 0.3) is 5.91 Å². The number of benzene rings is 2. The Balaban J connectivity index is 1.55. The maximum absolute atomic E-state index is 13.9. The van der Waals surface area contributed by atoms with Gasteiger partial charge in [-0.05, 0) is 44.9 Å². The lowest BCUT2D eigenvalue weighted by atomic mass is 9.91. The molecular formula is C27H32N4O3. The van der Waals surface area contributed by atoms with Crippen LogP contribution in [-0.4, -0.2) is 44.5 Å². The molecule has 5 rings (SSSR count). The van der Waals surface area contributed by atoms with Crippen molar-refractivity contribution < 1.29 is 14.3 Å². The molecule has 1 aliphatic heterocycles. The number of carbonyl (C=O) groups is 2. The van der Waals surface area contributed by atoms with Crippen molar-refractivity contribution in [1.29, 1.82) is 0 Å². The highest BCUT2D eigenvalue weighted by Crippen LogP contribution is 2.34. The van der Waals surface area contributed by atoms with Gasteiger partial charge in [0.15, 0.2) is 5.82 Å². The van der Waals surface area contributed by atoms with E-state index in [1.54, 1.807) is 4.90 Å². The zero-order chi connectivity index (χ0) is 23.7. The smallest absolute Gasteiger partial charge is 0.291 e. The van der Waals surface area contributed by atoms with Crippen molar-refractivity contribution >= 4 is 22.8 Å². The molecule has 1 fully saturated rings. The normalized spacial score (nSPS) is 20.9. The van der Waals surface area contributed by atoms with Crippen LogP contribution in [0, 0.1) is 0 Å². The molecule has 1 aromatic heterocycles. The minimum atomic E-state index is -1.07. The summed E-state index contributed by atoms with van der Waals surface area (Å²) in [5, 5.41) is 3.28.